The lowest BCUT2D eigenvalue weighted by atomic mass is 10.1. The molecule has 6 heteroatoms. The van der Waals surface area contributed by atoms with Crippen LogP contribution in [0.25, 0.3) is 0 Å². The summed E-state index contributed by atoms with van der Waals surface area (Å²) in [7, 11) is 0. The summed E-state index contributed by atoms with van der Waals surface area (Å²) in [6, 6.07) is 5.47. The van der Waals surface area contributed by atoms with Crippen molar-refractivity contribution < 1.29 is 14.7 Å². The van der Waals surface area contributed by atoms with Crippen LogP contribution in [0.3, 0.4) is 0 Å². The molecular weight excluding hydrogens is 286 g/mol. The average molecular weight is 302 g/mol. The van der Waals surface area contributed by atoms with Crippen LogP contribution < -0.4 is 5.32 Å². The van der Waals surface area contributed by atoms with Crippen LogP contribution in [0, 0.1) is 0 Å². The zero-order chi connectivity index (χ0) is 14.3. The fourth-order valence-corrected chi connectivity index (χ4v) is 2.26. The highest BCUT2D eigenvalue weighted by molar-refractivity contribution is 7.99. The molecule has 1 aromatic carbocycles. The molecule has 2 N–H and O–H groups in total. The lowest BCUT2D eigenvalue weighted by Crippen LogP contribution is -2.41. The average Bonchev–Trinajstić information content (AvgIpc) is 2.38. The topological polar surface area (TPSA) is 66.4 Å². The molecule has 0 bridgehead atoms. The number of hydrogen-bond acceptors (Lipinski definition) is 3. The highest BCUT2D eigenvalue weighted by Crippen LogP contribution is 2.10. The molecule has 0 aliphatic rings. The third kappa shape index (κ3) is 5.53. The Bertz CT molecular complexity index is 436. The number of benzene rings is 1. The second-order valence-electron chi connectivity index (χ2n) is 3.86. The van der Waals surface area contributed by atoms with Gasteiger partial charge in [0.1, 0.15) is 6.04 Å². The van der Waals surface area contributed by atoms with Crippen LogP contribution in [0.1, 0.15) is 23.7 Å². The van der Waals surface area contributed by atoms with Gasteiger partial charge in [0, 0.05) is 10.6 Å². The number of hydrogen-bond donors (Lipinski definition) is 2. The van der Waals surface area contributed by atoms with Crippen molar-refractivity contribution in [3.05, 3.63) is 34.9 Å². The third-order valence-electron chi connectivity index (χ3n) is 2.46. The molecule has 0 fully saturated rings. The number of carbonyl (C=O) groups excluding carboxylic acids is 1. The number of thioether (sulfide) groups is 1. The Morgan fingerprint density at radius 3 is 2.53 bits per heavy atom. The third-order valence-corrected chi connectivity index (χ3v) is 3.65. The van der Waals surface area contributed by atoms with Crippen LogP contribution in [-0.4, -0.2) is 34.5 Å². The number of nitrogens with one attached hydrogen (secondary N) is 1. The van der Waals surface area contributed by atoms with E-state index in [1.807, 2.05) is 6.92 Å². The van der Waals surface area contributed by atoms with Crippen LogP contribution in [0.4, 0.5) is 0 Å². The van der Waals surface area contributed by atoms with Crippen molar-refractivity contribution in [3.63, 3.8) is 0 Å². The number of carboxylic acids is 1. The molecule has 0 spiro atoms. The molecule has 0 heterocycles. The molecule has 1 aromatic rings. The smallest absolute Gasteiger partial charge is 0.326 e. The van der Waals surface area contributed by atoms with Gasteiger partial charge in [-0.25, -0.2) is 4.79 Å². The van der Waals surface area contributed by atoms with Crippen molar-refractivity contribution in [2.45, 2.75) is 19.4 Å². The molecule has 4 nitrogen and oxygen atoms in total. The Morgan fingerprint density at radius 2 is 2.00 bits per heavy atom. The SMILES string of the molecule is CCSCCC(NC(=O)c1ccc(Cl)cc1)C(=O)O. The first-order valence-electron chi connectivity index (χ1n) is 5.91. The van der Waals surface area contributed by atoms with E-state index < -0.39 is 17.9 Å². The molecule has 0 aromatic heterocycles. The van der Waals surface area contributed by atoms with Gasteiger partial charge in [-0.05, 0) is 42.2 Å². The fraction of sp³-hybridized carbons (Fsp3) is 0.385. The Morgan fingerprint density at radius 1 is 1.37 bits per heavy atom. The minimum absolute atomic E-state index is 0.398. The molecule has 104 valence electrons. The normalized spacial score (nSPS) is 11.9. The highest BCUT2D eigenvalue weighted by Gasteiger charge is 2.20. The molecule has 1 unspecified atom stereocenters. The highest BCUT2D eigenvalue weighted by atomic mass is 35.5. The van der Waals surface area contributed by atoms with Crippen LogP contribution >= 0.6 is 23.4 Å². The summed E-state index contributed by atoms with van der Waals surface area (Å²) >= 11 is 7.38. The van der Waals surface area contributed by atoms with Crippen molar-refractivity contribution >= 4 is 35.2 Å². The van der Waals surface area contributed by atoms with Crippen molar-refractivity contribution in [1.29, 1.82) is 0 Å². The number of carbonyl (C=O) groups is 2. The molecule has 1 rings (SSSR count). The standard InChI is InChI=1S/C13H16ClNO3S/c1-2-19-8-7-11(13(17)18)15-12(16)9-3-5-10(14)6-4-9/h3-6,11H,2,7-8H2,1H3,(H,15,16)(H,17,18). The lowest BCUT2D eigenvalue weighted by molar-refractivity contribution is -0.139. The van der Waals surface area contributed by atoms with Gasteiger partial charge >= 0.3 is 5.97 Å². The maximum Gasteiger partial charge on any atom is 0.326 e. The predicted octanol–water partition coefficient (Wildman–Crippen LogP) is 2.67. The number of halogens is 1. The lowest BCUT2D eigenvalue weighted by Gasteiger charge is -2.14. The van der Waals surface area contributed by atoms with Gasteiger partial charge in [-0.15, -0.1) is 0 Å². The van der Waals surface area contributed by atoms with Crippen LogP contribution in [0.5, 0.6) is 0 Å². The molecule has 1 atom stereocenters. The zero-order valence-corrected chi connectivity index (χ0v) is 12.1. The van der Waals surface area contributed by atoms with E-state index in [-0.39, 0.29) is 0 Å². The number of amides is 1. The Kier molecular flexibility index (Phi) is 6.73. The molecular formula is C13H16ClNO3S. The molecule has 0 aliphatic carbocycles. The maximum atomic E-state index is 11.9. The van der Waals surface area contributed by atoms with Crippen LogP contribution in [0.2, 0.25) is 5.02 Å². The molecule has 1 amide bonds. The Balaban J connectivity index is 2.60. The number of aliphatic carboxylic acids is 1. The summed E-state index contributed by atoms with van der Waals surface area (Å²) in [6.07, 6.45) is 0.410. The molecule has 19 heavy (non-hydrogen) atoms. The van der Waals surface area contributed by atoms with E-state index in [0.29, 0.717) is 22.8 Å². The largest absolute Gasteiger partial charge is 0.480 e. The van der Waals surface area contributed by atoms with Gasteiger partial charge in [-0.3, -0.25) is 4.79 Å². The van der Waals surface area contributed by atoms with Gasteiger partial charge in [-0.2, -0.15) is 11.8 Å². The molecule has 0 saturated carbocycles. The minimum atomic E-state index is -1.01. The molecule has 0 aliphatic heterocycles. The summed E-state index contributed by atoms with van der Waals surface area (Å²) in [4.78, 5) is 22.9. The van der Waals surface area contributed by atoms with Gasteiger partial charge in [-0.1, -0.05) is 18.5 Å². The van der Waals surface area contributed by atoms with E-state index in [9.17, 15) is 9.59 Å². The van der Waals surface area contributed by atoms with E-state index in [4.69, 9.17) is 16.7 Å². The van der Waals surface area contributed by atoms with Gasteiger partial charge in [0.05, 0.1) is 0 Å². The Hall–Kier alpha value is -1.20. The van der Waals surface area contributed by atoms with Crippen molar-refractivity contribution in [1.82, 2.24) is 5.32 Å². The van der Waals surface area contributed by atoms with Gasteiger partial charge in [0.15, 0.2) is 0 Å². The first-order chi connectivity index (χ1) is 9.04. The number of rotatable bonds is 7. The summed E-state index contributed by atoms with van der Waals surface area (Å²) in [5, 5.41) is 12.1. The van der Waals surface area contributed by atoms with Crippen LogP contribution in [-0.2, 0) is 4.79 Å². The second kappa shape index (κ2) is 8.07. The summed E-state index contributed by atoms with van der Waals surface area (Å²) < 4.78 is 0. The summed E-state index contributed by atoms with van der Waals surface area (Å²) in [6.45, 7) is 2.01. The Labute approximate surface area is 121 Å². The van der Waals surface area contributed by atoms with E-state index in [1.54, 1.807) is 36.0 Å². The second-order valence-corrected chi connectivity index (χ2v) is 5.69. The quantitative estimate of drug-likeness (QED) is 0.760. The minimum Gasteiger partial charge on any atom is -0.480 e. The monoisotopic (exact) mass is 301 g/mol. The van der Waals surface area contributed by atoms with Gasteiger partial charge in [0.2, 0.25) is 0 Å². The molecule has 0 saturated heterocycles. The van der Waals surface area contributed by atoms with Crippen LogP contribution in [0.15, 0.2) is 24.3 Å². The van der Waals surface area contributed by atoms with Crippen molar-refractivity contribution in [3.8, 4) is 0 Å². The summed E-state index contributed by atoms with van der Waals surface area (Å²) in [5.74, 6) is 0.218. The van der Waals surface area contributed by atoms with E-state index in [2.05, 4.69) is 5.32 Å². The maximum absolute atomic E-state index is 11.9. The zero-order valence-electron chi connectivity index (χ0n) is 10.6. The first kappa shape index (κ1) is 15.9. The van der Waals surface area contributed by atoms with Gasteiger partial charge < -0.3 is 10.4 Å². The van der Waals surface area contributed by atoms with Crippen molar-refractivity contribution in [2.24, 2.45) is 0 Å². The number of carboxylic acid groups (broad SMARTS) is 1. The van der Waals surface area contributed by atoms with E-state index in [1.165, 1.54) is 0 Å². The van der Waals surface area contributed by atoms with Gasteiger partial charge in [0.25, 0.3) is 5.91 Å². The fourth-order valence-electron chi connectivity index (χ4n) is 1.45. The predicted molar refractivity (Wildman–Crippen MR) is 78.0 cm³/mol. The first-order valence-corrected chi connectivity index (χ1v) is 7.44. The van der Waals surface area contributed by atoms with E-state index in [0.717, 1.165) is 5.75 Å². The molecule has 0 radical (unpaired) electrons. The van der Waals surface area contributed by atoms with E-state index >= 15 is 0 Å². The van der Waals surface area contributed by atoms with Crippen molar-refractivity contribution in [2.75, 3.05) is 11.5 Å². The summed E-state index contributed by atoms with van der Waals surface area (Å²) in [5.41, 5.74) is 0.402.